The smallest absolute Gasteiger partial charge is 0.303 e. The lowest BCUT2D eigenvalue weighted by Crippen LogP contribution is -2.32. The quantitative estimate of drug-likeness (QED) is 0.162. The van der Waals surface area contributed by atoms with Crippen LogP contribution in [0.4, 0.5) is 0 Å². The average Bonchev–Trinajstić information content (AvgIpc) is 2.75. The molecular weight excluding hydrogens is 436 g/mol. The Balaban J connectivity index is 2.54. The van der Waals surface area contributed by atoms with Crippen molar-refractivity contribution in [1.82, 2.24) is 0 Å². The summed E-state index contributed by atoms with van der Waals surface area (Å²) in [5.74, 6) is 1.87. The number of ketones is 2. The van der Waals surface area contributed by atoms with Crippen molar-refractivity contribution >= 4 is 17.5 Å². The zero-order valence-electron chi connectivity index (χ0n) is 24.1. The van der Waals surface area contributed by atoms with E-state index in [1.165, 1.54) is 45.4 Å². The van der Waals surface area contributed by atoms with Gasteiger partial charge in [0.15, 0.2) is 11.6 Å². The molecular formula is C31H52O4. The number of carbonyl (C=O) groups is 3. The van der Waals surface area contributed by atoms with Gasteiger partial charge in [0.1, 0.15) is 5.60 Å². The third-order valence-corrected chi connectivity index (χ3v) is 7.88. The predicted octanol–water partition coefficient (Wildman–Crippen LogP) is 8.33. The Kier molecular flexibility index (Phi) is 13.2. The number of carbonyl (C=O) groups excluding carboxylic acids is 3. The molecule has 0 fully saturated rings. The van der Waals surface area contributed by atoms with E-state index in [1.54, 1.807) is 20.8 Å². The Labute approximate surface area is 215 Å². The lowest BCUT2D eigenvalue weighted by Gasteiger charge is -2.31. The van der Waals surface area contributed by atoms with Crippen LogP contribution in [-0.4, -0.2) is 23.1 Å². The van der Waals surface area contributed by atoms with Crippen LogP contribution in [0.1, 0.15) is 133 Å². The largest absolute Gasteiger partial charge is 0.460 e. The Morgan fingerprint density at radius 2 is 1.23 bits per heavy atom. The van der Waals surface area contributed by atoms with Crippen molar-refractivity contribution < 1.29 is 19.1 Å². The molecule has 0 heterocycles. The van der Waals surface area contributed by atoms with Gasteiger partial charge in [0.25, 0.3) is 0 Å². The van der Waals surface area contributed by atoms with Gasteiger partial charge in [-0.1, -0.05) is 72.6 Å². The minimum absolute atomic E-state index is 0.0446. The minimum atomic E-state index is -0.628. The van der Waals surface area contributed by atoms with Crippen molar-refractivity contribution in [3.63, 3.8) is 0 Å². The Bertz CT molecular complexity index is 801. The lowest BCUT2D eigenvalue weighted by molar-refractivity contribution is -0.156. The maximum absolute atomic E-state index is 12.8. The monoisotopic (exact) mass is 488 g/mol. The summed E-state index contributed by atoms with van der Waals surface area (Å²) in [7, 11) is 0. The molecule has 200 valence electrons. The van der Waals surface area contributed by atoms with Crippen LogP contribution in [0.3, 0.4) is 0 Å². The van der Waals surface area contributed by atoms with Gasteiger partial charge in [-0.25, -0.2) is 0 Å². The maximum atomic E-state index is 12.8. The van der Waals surface area contributed by atoms with Crippen LogP contribution >= 0.6 is 0 Å². The number of rotatable bonds is 16. The van der Waals surface area contributed by atoms with Crippen molar-refractivity contribution in [3.05, 3.63) is 22.3 Å². The molecule has 0 aliphatic heterocycles. The van der Waals surface area contributed by atoms with Gasteiger partial charge in [-0.3, -0.25) is 14.4 Å². The molecule has 1 aliphatic carbocycles. The SMILES string of the molecule is CC(=O)OC(C)(CCCC(C)CCCC(C)CCCC(C)C)CCC1=C(C)C(=O)C(C)=C(C)C1=O. The highest BCUT2D eigenvalue weighted by Gasteiger charge is 2.32. The third kappa shape index (κ3) is 10.8. The van der Waals surface area contributed by atoms with Crippen LogP contribution in [0.25, 0.3) is 0 Å². The fraction of sp³-hybridized carbons (Fsp3) is 0.774. The summed E-state index contributed by atoms with van der Waals surface area (Å²) in [5.41, 5.74) is 1.56. The first-order valence-corrected chi connectivity index (χ1v) is 13.9. The molecule has 1 rings (SSSR count). The van der Waals surface area contributed by atoms with Crippen LogP contribution < -0.4 is 0 Å². The highest BCUT2D eigenvalue weighted by Crippen LogP contribution is 2.33. The first-order valence-electron chi connectivity index (χ1n) is 13.9. The fourth-order valence-electron chi connectivity index (χ4n) is 5.22. The summed E-state index contributed by atoms with van der Waals surface area (Å²) in [6.07, 6.45) is 11.7. The zero-order chi connectivity index (χ0) is 26.8. The van der Waals surface area contributed by atoms with Gasteiger partial charge in [-0.2, -0.15) is 0 Å². The summed E-state index contributed by atoms with van der Waals surface area (Å²) >= 11 is 0. The molecule has 35 heavy (non-hydrogen) atoms. The molecule has 0 bridgehead atoms. The van der Waals surface area contributed by atoms with Gasteiger partial charge in [-0.15, -0.1) is 0 Å². The Morgan fingerprint density at radius 1 is 0.743 bits per heavy atom. The van der Waals surface area contributed by atoms with Crippen LogP contribution in [0, 0.1) is 17.8 Å². The van der Waals surface area contributed by atoms with Crippen molar-refractivity contribution in [2.75, 3.05) is 0 Å². The molecule has 0 aromatic carbocycles. The van der Waals surface area contributed by atoms with Gasteiger partial charge in [-0.05, 0) is 71.1 Å². The van der Waals surface area contributed by atoms with E-state index in [4.69, 9.17) is 4.74 Å². The van der Waals surface area contributed by atoms with E-state index < -0.39 is 5.60 Å². The first kappa shape index (κ1) is 31.3. The van der Waals surface area contributed by atoms with Crippen LogP contribution in [-0.2, 0) is 19.1 Å². The maximum Gasteiger partial charge on any atom is 0.303 e. The molecule has 0 spiro atoms. The molecule has 0 saturated heterocycles. The van der Waals surface area contributed by atoms with E-state index in [2.05, 4.69) is 27.7 Å². The number of hydrogen-bond donors (Lipinski definition) is 0. The average molecular weight is 489 g/mol. The van der Waals surface area contributed by atoms with E-state index in [0.29, 0.717) is 41.1 Å². The summed E-state index contributed by atoms with van der Waals surface area (Å²) in [6, 6.07) is 0. The van der Waals surface area contributed by atoms with E-state index in [1.807, 2.05) is 6.92 Å². The van der Waals surface area contributed by atoms with Crippen LogP contribution in [0.5, 0.6) is 0 Å². The number of ether oxygens (including phenoxy) is 1. The summed E-state index contributed by atoms with van der Waals surface area (Å²) in [5, 5.41) is 0. The molecule has 1 aliphatic rings. The Hall–Kier alpha value is -1.71. The second-order valence-corrected chi connectivity index (χ2v) is 11.9. The standard InChI is InChI=1S/C31H52O4/c1-21(2)13-10-14-22(3)15-11-16-23(4)17-12-19-31(9,35-27(8)32)20-18-28-26(7)29(33)24(5)25(6)30(28)34/h21-23H,10-20H2,1-9H3. The number of hydrogen-bond acceptors (Lipinski definition) is 4. The molecule has 0 radical (unpaired) electrons. The van der Waals surface area contributed by atoms with Gasteiger partial charge in [0.05, 0.1) is 0 Å². The topological polar surface area (TPSA) is 60.4 Å². The van der Waals surface area contributed by atoms with Crippen molar-refractivity contribution in [2.45, 2.75) is 139 Å². The molecule has 3 unspecified atom stereocenters. The minimum Gasteiger partial charge on any atom is -0.460 e. The van der Waals surface area contributed by atoms with Gasteiger partial charge in [0.2, 0.25) is 0 Å². The van der Waals surface area contributed by atoms with Crippen LogP contribution in [0.2, 0.25) is 0 Å². The third-order valence-electron chi connectivity index (χ3n) is 7.88. The Morgan fingerprint density at radius 3 is 1.74 bits per heavy atom. The summed E-state index contributed by atoms with van der Waals surface area (Å²) < 4.78 is 5.75. The number of allylic oxidation sites excluding steroid dienone is 4. The summed E-state index contributed by atoms with van der Waals surface area (Å²) in [4.78, 5) is 37.1. The predicted molar refractivity (Wildman–Crippen MR) is 145 cm³/mol. The number of Topliss-reactive ketones (excluding diaryl/α,β-unsaturated/α-hetero) is 2. The highest BCUT2D eigenvalue weighted by molar-refractivity contribution is 6.24. The molecule has 0 amide bonds. The second-order valence-electron chi connectivity index (χ2n) is 11.9. The van der Waals surface area contributed by atoms with E-state index in [0.717, 1.165) is 31.1 Å². The molecule has 3 atom stereocenters. The normalized spacial score (nSPS) is 18.2. The highest BCUT2D eigenvalue weighted by atomic mass is 16.6. The van der Waals surface area contributed by atoms with Crippen molar-refractivity contribution in [2.24, 2.45) is 17.8 Å². The zero-order valence-corrected chi connectivity index (χ0v) is 24.1. The van der Waals surface area contributed by atoms with Crippen molar-refractivity contribution in [3.8, 4) is 0 Å². The van der Waals surface area contributed by atoms with Crippen molar-refractivity contribution in [1.29, 1.82) is 0 Å². The molecule has 0 saturated carbocycles. The van der Waals surface area contributed by atoms with E-state index in [9.17, 15) is 14.4 Å². The van der Waals surface area contributed by atoms with E-state index >= 15 is 0 Å². The molecule has 0 N–H and O–H groups in total. The molecule has 0 aromatic rings. The second kappa shape index (κ2) is 14.8. The van der Waals surface area contributed by atoms with Gasteiger partial charge < -0.3 is 4.74 Å². The van der Waals surface area contributed by atoms with Crippen LogP contribution in [0.15, 0.2) is 22.3 Å². The molecule has 4 heteroatoms. The lowest BCUT2D eigenvalue weighted by atomic mass is 9.81. The molecule has 4 nitrogen and oxygen atoms in total. The molecule has 0 aromatic heterocycles. The van der Waals surface area contributed by atoms with Gasteiger partial charge in [0, 0.05) is 29.2 Å². The van der Waals surface area contributed by atoms with Gasteiger partial charge >= 0.3 is 5.97 Å². The fourth-order valence-corrected chi connectivity index (χ4v) is 5.22. The van der Waals surface area contributed by atoms with E-state index in [-0.39, 0.29) is 17.5 Å². The number of esters is 1. The summed E-state index contributed by atoms with van der Waals surface area (Å²) in [6.45, 7) is 17.9. The first-order chi connectivity index (χ1) is 16.3.